The zero-order valence-electron chi connectivity index (χ0n) is 31.1. The monoisotopic (exact) mass is 788 g/mol. The Balaban J connectivity index is 1.13. The second-order valence-corrected chi connectivity index (χ2v) is 14.3. The number of hydrogen-bond acceptors (Lipinski definition) is 17. The number of aryl methyl sites for hydroxylation is 2. The van der Waals surface area contributed by atoms with Crippen molar-refractivity contribution < 1.29 is 53.1 Å². The third kappa shape index (κ3) is 6.67. The fourth-order valence-corrected chi connectivity index (χ4v) is 7.55. The number of nitrogens with two attached hydrogens (primary N) is 3. The van der Waals surface area contributed by atoms with Gasteiger partial charge in [0.05, 0.1) is 34.1 Å². The fourth-order valence-electron chi connectivity index (χ4n) is 7.55. The molecule has 21 heteroatoms. The summed E-state index contributed by atoms with van der Waals surface area (Å²) in [5.41, 5.74) is 21.2. The number of aliphatic hydroxyl groups excluding tert-OH is 2. The van der Waals surface area contributed by atoms with Crippen LogP contribution >= 0.6 is 0 Å². The Morgan fingerprint density at radius 3 is 2.07 bits per heavy atom. The van der Waals surface area contributed by atoms with E-state index in [4.69, 9.17) is 45.7 Å². The molecule has 57 heavy (non-hydrogen) atoms. The lowest BCUT2D eigenvalue weighted by Gasteiger charge is -2.24. The number of rotatable bonds is 10. The SMILES string of the molecule is Cc1nc(N)c2c(C(N)=O)cn([C@@H]3O[C@H](COC(=O)c4ccccc4)[C@@H](O)[C@H]3ONC(=O)c3cn([C@@H]4O[C@H](CO)[C@H]5OC(C)(C)O[C@H]54)c4nc(C)nc(N)c34)c2n1. The van der Waals surface area contributed by atoms with E-state index in [1.807, 2.05) is 0 Å². The van der Waals surface area contributed by atoms with Crippen LogP contribution < -0.4 is 22.7 Å². The number of hydroxylamine groups is 1. The van der Waals surface area contributed by atoms with Crippen LogP contribution in [0.15, 0.2) is 42.7 Å². The van der Waals surface area contributed by atoms with E-state index >= 15 is 0 Å². The quantitative estimate of drug-likeness (QED) is 0.0820. The summed E-state index contributed by atoms with van der Waals surface area (Å²) < 4.78 is 33.0. The minimum absolute atomic E-state index is 0.0218. The van der Waals surface area contributed by atoms with E-state index < -0.39 is 79.3 Å². The lowest BCUT2D eigenvalue weighted by molar-refractivity contribution is -0.199. The maximum Gasteiger partial charge on any atom is 0.338 e. The molecule has 0 spiro atoms. The number of benzene rings is 1. The number of hydrogen-bond donors (Lipinski definition) is 6. The molecule has 3 aliphatic rings. The van der Waals surface area contributed by atoms with Gasteiger partial charge in [0.1, 0.15) is 71.7 Å². The van der Waals surface area contributed by atoms with Crippen LogP contribution in [0.5, 0.6) is 0 Å². The number of amides is 2. The molecule has 1 aromatic carbocycles. The van der Waals surface area contributed by atoms with Crippen molar-refractivity contribution in [3.05, 3.63) is 71.1 Å². The van der Waals surface area contributed by atoms with Gasteiger partial charge in [-0.1, -0.05) is 18.2 Å². The Bertz CT molecular complexity index is 2400. The maximum absolute atomic E-state index is 14.1. The second-order valence-electron chi connectivity index (χ2n) is 14.3. The Kier molecular flexibility index (Phi) is 9.55. The summed E-state index contributed by atoms with van der Waals surface area (Å²) in [5.74, 6) is -2.83. The van der Waals surface area contributed by atoms with Gasteiger partial charge in [0.15, 0.2) is 24.3 Å². The molecule has 300 valence electrons. The van der Waals surface area contributed by atoms with Crippen LogP contribution in [0.1, 0.15) is 69.0 Å². The largest absolute Gasteiger partial charge is 0.459 e. The van der Waals surface area contributed by atoms with Crippen molar-refractivity contribution in [1.29, 1.82) is 0 Å². The molecule has 21 nitrogen and oxygen atoms in total. The van der Waals surface area contributed by atoms with E-state index in [0.29, 0.717) is 5.82 Å². The summed E-state index contributed by atoms with van der Waals surface area (Å²) in [6, 6.07) is 8.21. The summed E-state index contributed by atoms with van der Waals surface area (Å²) in [7, 11) is 0. The Morgan fingerprint density at radius 1 is 0.860 bits per heavy atom. The van der Waals surface area contributed by atoms with Gasteiger partial charge in [0.25, 0.3) is 11.8 Å². The smallest absolute Gasteiger partial charge is 0.338 e. The minimum atomic E-state index is -1.55. The minimum Gasteiger partial charge on any atom is -0.459 e. The van der Waals surface area contributed by atoms with Crippen molar-refractivity contribution in [2.45, 2.75) is 82.6 Å². The average Bonchev–Trinajstić information content (AvgIpc) is 3.95. The number of fused-ring (bicyclic) bond motifs is 3. The normalized spacial score (nSPS) is 26.6. The molecule has 8 atom stereocenters. The number of nitrogen functional groups attached to an aromatic ring is 2. The molecule has 3 saturated heterocycles. The van der Waals surface area contributed by atoms with E-state index in [0.717, 1.165) is 0 Å². The third-order valence-corrected chi connectivity index (χ3v) is 9.98. The van der Waals surface area contributed by atoms with Crippen LogP contribution in [0.3, 0.4) is 0 Å². The van der Waals surface area contributed by atoms with Crippen molar-refractivity contribution in [3.8, 4) is 0 Å². The fraction of sp³-hybridized carbons (Fsp3) is 0.417. The highest BCUT2D eigenvalue weighted by atomic mass is 16.8. The molecule has 8 rings (SSSR count). The maximum atomic E-state index is 14.1. The zero-order chi connectivity index (χ0) is 40.5. The first-order chi connectivity index (χ1) is 27.1. The topological polar surface area (TPSA) is 299 Å². The second kappa shape index (κ2) is 14.3. The van der Waals surface area contributed by atoms with Crippen molar-refractivity contribution in [2.24, 2.45) is 5.73 Å². The van der Waals surface area contributed by atoms with E-state index in [1.54, 1.807) is 62.6 Å². The van der Waals surface area contributed by atoms with Gasteiger partial charge in [-0.3, -0.25) is 14.4 Å². The lowest BCUT2D eigenvalue weighted by Crippen LogP contribution is -2.41. The third-order valence-electron chi connectivity index (χ3n) is 9.98. The first-order valence-corrected chi connectivity index (χ1v) is 17.9. The van der Waals surface area contributed by atoms with Crippen LogP contribution in [0.25, 0.3) is 22.1 Å². The predicted octanol–water partition coefficient (Wildman–Crippen LogP) is 0.311. The average molecular weight is 789 g/mol. The number of carbonyl (C=O) groups excluding carboxylic acids is 3. The molecule has 7 heterocycles. The number of aliphatic hydroxyl groups is 2. The number of aromatic nitrogens is 6. The van der Waals surface area contributed by atoms with Crippen LogP contribution in [0.4, 0.5) is 11.6 Å². The number of nitrogens with one attached hydrogen (secondary N) is 1. The van der Waals surface area contributed by atoms with Gasteiger partial charge >= 0.3 is 5.97 Å². The Morgan fingerprint density at radius 2 is 1.44 bits per heavy atom. The van der Waals surface area contributed by atoms with Gasteiger partial charge in [-0.05, 0) is 39.8 Å². The van der Waals surface area contributed by atoms with Gasteiger partial charge in [-0.25, -0.2) is 30.2 Å². The summed E-state index contributed by atoms with van der Waals surface area (Å²) in [6.45, 7) is 5.91. The van der Waals surface area contributed by atoms with Gasteiger partial charge in [0, 0.05) is 12.4 Å². The van der Waals surface area contributed by atoms with Gasteiger partial charge in [-0.15, -0.1) is 0 Å². The Hall–Kier alpha value is -5.81. The summed E-state index contributed by atoms with van der Waals surface area (Å²) in [5, 5.41) is 22.0. The number of ether oxygens (including phenoxy) is 5. The molecule has 0 bridgehead atoms. The van der Waals surface area contributed by atoms with E-state index in [2.05, 4.69) is 25.4 Å². The van der Waals surface area contributed by atoms with Gasteiger partial charge in [0.2, 0.25) is 0 Å². The standard InChI is InChI=1S/C36H40N10O11/c1-14-40-27(37)21-17(29(39)49)10-45(30(21)42-14)33-25(23(48)20(54-33)13-52-35(51)16-8-6-5-7-9-16)57-44-32(50)18-11-46(31-22(18)28(38)41-15(2)43-31)34-26-24(19(12-47)53-34)55-36(3,4)56-26/h5-11,19-20,23-26,33-34,47-48H,12-13H2,1-4H3,(H2,39,49)(H,44,50)(H2,37,40,42)(H2,38,41,43)/t19-,20-,23-,24-,25-,26-,33-,34-/m1/s1. The van der Waals surface area contributed by atoms with Crippen molar-refractivity contribution >= 4 is 51.5 Å². The van der Waals surface area contributed by atoms with E-state index in [9.17, 15) is 24.6 Å². The summed E-state index contributed by atoms with van der Waals surface area (Å²) >= 11 is 0. The number of primary amides is 1. The van der Waals surface area contributed by atoms with Crippen LogP contribution in [-0.2, 0) is 28.5 Å². The molecule has 5 aromatic rings. The first-order valence-electron chi connectivity index (χ1n) is 17.9. The highest BCUT2D eigenvalue weighted by Crippen LogP contribution is 2.45. The molecule has 2 amide bonds. The van der Waals surface area contributed by atoms with Crippen LogP contribution in [-0.4, -0.2) is 113 Å². The highest BCUT2D eigenvalue weighted by molar-refractivity contribution is 6.10. The zero-order valence-corrected chi connectivity index (χ0v) is 31.1. The molecule has 3 aliphatic heterocycles. The summed E-state index contributed by atoms with van der Waals surface area (Å²) in [4.78, 5) is 62.9. The molecular formula is C36H40N10O11. The first kappa shape index (κ1) is 38.1. The van der Waals surface area contributed by atoms with Gasteiger partial charge in [-0.2, -0.15) is 0 Å². The number of carbonyl (C=O) groups is 3. The summed E-state index contributed by atoms with van der Waals surface area (Å²) in [6.07, 6.45) is -5.71. The molecule has 3 fully saturated rings. The van der Waals surface area contributed by atoms with Crippen molar-refractivity contribution in [1.82, 2.24) is 34.6 Å². The van der Waals surface area contributed by atoms with E-state index in [-0.39, 0.29) is 62.8 Å². The highest BCUT2D eigenvalue weighted by Gasteiger charge is 2.56. The number of anilines is 2. The van der Waals surface area contributed by atoms with E-state index in [1.165, 1.54) is 17.0 Å². The molecule has 0 saturated carbocycles. The number of nitrogens with zero attached hydrogens (tertiary/aromatic N) is 6. The van der Waals surface area contributed by atoms with Crippen molar-refractivity contribution in [2.75, 3.05) is 24.7 Å². The molecular weight excluding hydrogens is 748 g/mol. The van der Waals surface area contributed by atoms with Crippen molar-refractivity contribution in [3.63, 3.8) is 0 Å². The molecule has 0 unspecified atom stereocenters. The van der Waals surface area contributed by atoms with Gasteiger partial charge < -0.3 is 60.2 Å². The van der Waals surface area contributed by atoms with Crippen LogP contribution in [0.2, 0.25) is 0 Å². The Labute approximate surface area is 322 Å². The van der Waals surface area contributed by atoms with Crippen LogP contribution in [0, 0.1) is 13.8 Å². The molecule has 9 N–H and O–H groups in total. The number of esters is 1. The molecule has 0 radical (unpaired) electrons. The molecule has 4 aromatic heterocycles. The molecule has 0 aliphatic carbocycles. The predicted molar refractivity (Wildman–Crippen MR) is 196 cm³/mol. The lowest BCUT2D eigenvalue weighted by atomic mass is 10.1.